The topological polar surface area (TPSA) is 15.3 Å². The summed E-state index contributed by atoms with van der Waals surface area (Å²) in [4.78, 5) is 0. The standard InChI is InChI=1S/C9H18N2S/c1-12-11-7-6-10-9(8-11)4-2-3-5-9/h10H,2-8H2,1H3. The van der Waals surface area contributed by atoms with Crippen LogP contribution in [0.25, 0.3) is 0 Å². The Kier molecular flexibility index (Phi) is 2.63. The number of piperazine rings is 1. The van der Waals surface area contributed by atoms with E-state index in [0.29, 0.717) is 5.54 Å². The molecular weight excluding hydrogens is 168 g/mol. The molecule has 0 radical (unpaired) electrons. The molecule has 1 N–H and O–H groups in total. The quantitative estimate of drug-likeness (QED) is 0.625. The monoisotopic (exact) mass is 186 g/mol. The van der Waals surface area contributed by atoms with Crippen molar-refractivity contribution in [2.24, 2.45) is 0 Å². The van der Waals surface area contributed by atoms with E-state index in [1.165, 1.54) is 45.3 Å². The van der Waals surface area contributed by atoms with Gasteiger partial charge in [0.2, 0.25) is 0 Å². The first-order valence-corrected chi connectivity index (χ1v) is 6.07. The molecule has 1 spiro atoms. The molecule has 70 valence electrons. The summed E-state index contributed by atoms with van der Waals surface area (Å²) in [7, 11) is 0. The number of nitrogens with zero attached hydrogens (tertiary/aromatic N) is 1. The molecule has 2 fully saturated rings. The molecule has 1 saturated heterocycles. The van der Waals surface area contributed by atoms with Crippen molar-refractivity contribution in [2.75, 3.05) is 25.9 Å². The second kappa shape index (κ2) is 3.56. The van der Waals surface area contributed by atoms with E-state index in [1.54, 1.807) is 0 Å². The molecule has 3 heteroatoms. The fraction of sp³-hybridized carbons (Fsp3) is 1.00. The van der Waals surface area contributed by atoms with Crippen molar-refractivity contribution < 1.29 is 0 Å². The van der Waals surface area contributed by atoms with Crippen molar-refractivity contribution in [1.82, 2.24) is 9.62 Å². The van der Waals surface area contributed by atoms with E-state index in [9.17, 15) is 0 Å². The van der Waals surface area contributed by atoms with E-state index >= 15 is 0 Å². The highest BCUT2D eigenvalue weighted by Gasteiger charge is 2.37. The van der Waals surface area contributed by atoms with E-state index in [4.69, 9.17) is 0 Å². The maximum Gasteiger partial charge on any atom is 0.0318 e. The zero-order valence-electron chi connectivity index (χ0n) is 7.81. The summed E-state index contributed by atoms with van der Waals surface area (Å²) in [6.45, 7) is 3.65. The maximum absolute atomic E-state index is 3.70. The van der Waals surface area contributed by atoms with Crippen LogP contribution in [0.15, 0.2) is 0 Å². The Morgan fingerprint density at radius 1 is 1.33 bits per heavy atom. The van der Waals surface area contributed by atoms with E-state index in [1.807, 2.05) is 11.9 Å². The van der Waals surface area contributed by atoms with Gasteiger partial charge in [0.05, 0.1) is 0 Å². The molecule has 1 heterocycles. The van der Waals surface area contributed by atoms with Gasteiger partial charge in [0.25, 0.3) is 0 Å². The summed E-state index contributed by atoms with van der Waals surface area (Å²) in [5, 5.41) is 3.70. The maximum atomic E-state index is 3.70. The Morgan fingerprint density at radius 3 is 2.75 bits per heavy atom. The predicted octanol–water partition coefficient (Wildman–Crippen LogP) is 1.48. The van der Waals surface area contributed by atoms with Crippen LogP contribution in [-0.2, 0) is 0 Å². The zero-order valence-corrected chi connectivity index (χ0v) is 8.62. The largest absolute Gasteiger partial charge is 0.309 e. The Morgan fingerprint density at radius 2 is 2.08 bits per heavy atom. The van der Waals surface area contributed by atoms with E-state index in [0.717, 1.165) is 0 Å². The van der Waals surface area contributed by atoms with Crippen LogP contribution in [0.1, 0.15) is 25.7 Å². The second-order valence-electron chi connectivity index (χ2n) is 3.96. The molecule has 1 aliphatic heterocycles. The molecule has 0 unspecified atom stereocenters. The molecule has 1 saturated carbocycles. The lowest BCUT2D eigenvalue weighted by molar-refractivity contribution is 0.215. The summed E-state index contributed by atoms with van der Waals surface area (Å²) in [6, 6.07) is 0. The average molecular weight is 186 g/mol. The van der Waals surface area contributed by atoms with Gasteiger partial charge in [-0.3, -0.25) is 0 Å². The van der Waals surface area contributed by atoms with Crippen molar-refractivity contribution >= 4 is 11.9 Å². The van der Waals surface area contributed by atoms with Crippen LogP contribution in [0.2, 0.25) is 0 Å². The average Bonchev–Trinajstić information content (AvgIpc) is 2.53. The number of rotatable bonds is 1. The number of hydrogen-bond donors (Lipinski definition) is 1. The lowest BCUT2D eigenvalue weighted by Crippen LogP contribution is -2.57. The fourth-order valence-corrected chi connectivity index (χ4v) is 3.11. The summed E-state index contributed by atoms with van der Waals surface area (Å²) in [6.07, 6.45) is 7.83. The van der Waals surface area contributed by atoms with Gasteiger partial charge >= 0.3 is 0 Å². The lowest BCUT2D eigenvalue weighted by Gasteiger charge is -2.40. The summed E-state index contributed by atoms with van der Waals surface area (Å²) in [5.74, 6) is 0. The van der Waals surface area contributed by atoms with Gasteiger partial charge in [0.1, 0.15) is 0 Å². The summed E-state index contributed by atoms with van der Waals surface area (Å²) < 4.78 is 2.50. The summed E-state index contributed by atoms with van der Waals surface area (Å²) in [5.41, 5.74) is 0.501. The molecule has 2 rings (SSSR count). The van der Waals surface area contributed by atoms with Crippen molar-refractivity contribution in [1.29, 1.82) is 0 Å². The van der Waals surface area contributed by atoms with Crippen LogP contribution in [0.4, 0.5) is 0 Å². The van der Waals surface area contributed by atoms with Gasteiger partial charge in [0, 0.05) is 25.2 Å². The Hall–Kier alpha value is 0.270. The molecular formula is C9H18N2S. The van der Waals surface area contributed by atoms with E-state index < -0.39 is 0 Å². The highest BCUT2D eigenvalue weighted by Crippen LogP contribution is 2.33. The molecule has 2 aliphatic rings. The smallest absolute Gasteiger partial charge is 0.0318 e. The molecule has 0 aromatic carbocycles. The van der Waals surface area contributed by atoms with Crippen molar-refractivity contribution in [3.8, 4) is 0 Å². The van der Waals surface area contributed by atoms with Gasteiger partial charge < -0.3 is 5.32 Å². The molecule has 0 atom stereocenters. The molecule has 2 nitrogen and oxygen atoms in total. The molecule has 0 bridgehead atoms. The first kappa shape index (κ1) is 8.85. The van der Waals surface area contributed by atoms with Gasteiger partial charge in [-0.2, -0.15) is 0 Å². The van der Waals surface area contributed by atoms with Gasteiger partial charge in [-0.25, -0.2) is 4.31 Å². The first-order chi connectivity index (χ1) is 5.85. The third-order valence-corrected chi connectivity index (χ3v) is 3.99. The molecule has 0 aromatic heterocycles. The summed E-state index contributed by atoms with van der Waals surface area (Å²) >= 11 is 1.90. The van der Waals surface area contributed by atoms with Crippen molar-refractivity contribution in [3.05, 3.63) is 0 Å². The minimum Gasteiger partial charge on any atom is -0.309 e. The lowest BCUT2D eigenvalue weighted by atomic mass is 9.96. The van der Waals surface area contributed by atoms with Gasteiger partial charge in [0.15, 0.2) is 0 Å². The Bertz CT molecular complexity index is 155. The van der Waals surface area contributed by atoms with E-state index in [-0.39, 0.29) is 0 Å². The fourth-order valence-electron chi connectivity index (χ4n) is 2.46. The number of nitrogens with one attached hydrogen (secondary N) is 1. The van der Waals surface area contributed by atoms with Crippen LogP contribution in [0, 0.1) is 0 Å². The van der Waals surface area contributed by atoms with Gasteiger partial charge in [-0.15, -0.1) is 0 Å². The highest BCUT2D eigenvalue weighted by molar-refractivity contribution is 7.96. The first-order valence-electron chi connectivity index (χ1n) is 4.89. The van der Waals surface area contributed by atoms with Crippen LogP contribution in [-0.4, -0.2) is 35.7 Å². The molecule has 0 aromatic rings. The molecule has 1 aliphatic carbocycles. The van der Waals surface area contributed by atoms with Crippen LogP contribution in [0.5, 0.6) is 0 Å². The Labute approximate surface area is 79.2 Å². The van der Waals surface area contributed by atoms with Crippen LogP contribution in [0.3, 0.4) is 0 Å². The van der Waals surface area contributed by atoms with Crippen molar-refractivity contribution in [3.63, 3.8) is 0 Å². The Balaban J connectivity index is 1.97. The normalized spacial score (nSPS) is 29.8. The van der Waals surface area contributed by atoms with Crippen molar-refractivity contribution in [2.45, 2.75) is 31.2 Å². The predicted molar refractivity (Wildman–Crippen MR) is 54.3 cm³/mol. The minimum absolute atomic E-state index is 0.501. The van der Waals surface area contributed by atoms with Crippen LogP contribution < -0.4 is 5.32 Å². The third-order valence-electron chi connectivity index (χ3n) is 3.16. The van der Waals surface area contributed by atoms with E-state index in [2.05, 4.69) is 15.9 Å². The van der Waals surface area contributed by atoms with Crippen LogP contribution >= 0.6 is 11.9 Å². The zero-order chi connectivity index (χ0) is 8.44. The second-order valence-corrected chi connectivity index (χ2v) is 4.84. The molecule has 12 heavy (non-hydrogen) atoms. The highest BCUT2D eigenvalue weighted by atomic mass is 32.2. The van der Waals surface area contributed by atoms with Gasteiger partial charge in [-0.1, -0.05) is 24.8 Å². The number of hydrogen-bond acceptors (Lipinski definition) is 3. The van der Waals surface area contributed by atoms with Gasteiger partial charge in [-0.05, 0) is 19.1 Å². The molecule has 0 amide bonds. The third kappa shape index (κ3) is 1.63. The SMILES string of the molecule is CSN1CCNC2(CCCC2)C1. The minimum atomic E-state index is 0.501.